The van der Waals surface area contributed by atoms with Gasteiger partial charge in [-0.2, -0.15) is 5.10 Å². The van der Waals surface area contributed by atoms with Gasteiger partial charge in [0.15, 0.2) is 5.82 Å². The van der Waals surface area contributed by atoms with Crippen LogP contribution in [0.15, 0.2) is 59.8 Å². The van der Waals surface area contributed by atoms with Crippen molar-refractivity contribution in [2.24, 2.45) is 0 Å². The summed E-state index contributed by atoms with van der Waals surface area (Å²) in [6.45, 7) is 6.17. The molecule has 1 amide bonds. The number of rotatable bonds is 2. The third-order valence-electron chi connectivity index (χ3n) is 4.85. The van der Waals surface area contributed by atoms with Crippen molar-refractivity contribution in [3.8, 4) is 5.82 Å². The molecule has 0 bridgehead atoms. The zero-order valence-electron chi connectivity index (χ0n) is 15.0. The molecule has 3 aromatic rings. The Morgan fingerprint density at radius 3 is 2.65 bits per heavy atom. The summed E-state index contributed by atoms with van der Waals surface area (Å²) >= 11 is 1.82. The summed E-state index contributed by atoms with van der Waals surface area (Å²) in [5.41, 5.74) is 2.37. The minimum Gasteiger partial charge on any atom is -0.303 e. The Morgan fingerprint density at radius 2 is 1.88 bits per heavy atom. The second kappa shape index (κ2) is 6.61. The first kappa shape index (κ1) is 16.8. The molecule has 3 heterocycles. The van der Waals surface area contributed by atoms with Gasteiger partial charge in [-0.15, -0.1) is 11.8 Å². The number of carbonyl (C=O) groups excluding carboxylic acids is 1. The smallest absolute Gasteiger partial charge is 0.262 e. The van der Waals surface area contributed by atoms with Crippen molar-refractivity contribution in [1.82, 2.24) is 14.8 Å². The minimum absolute atomic E-state index is 0.0169. The van der Waals surface area contributed by atoms with E-state index >= 15 is 0 Å². The highest BCUT2D eigenvalue weighted by atomic mass is 32.2. The number of para-hydroxylation sites is 1. The highest BCUT2D eigenvalue weighted by molar-refractivity contribution is 8.00. The van der Waals surface area contributed by atoms with Gasteiger partial charge in [-0.05, 0) is 38.1 Å². The van der Waals surface area contributed by atoms with Gasteiger partial charge < -0.3 is 4.90 Å². The van der Waals surface area contributed by atoms with E-state index in [2.05, 4.69) is 30.0 Å². The Kier molecular flexibility index (Phi) is 4.28. The molecule has 132 valence electrons. The van der Waals surface area contributed by atoms with E-state index in [0.29, 0.717) is 16.6 Å². The average Bonchev–Trinajstić information content (AvgIpc) is 3.04. The Hall–Kier alpha value is -2.60. The molecule has 0 spiro atoms. The number of fused-ring (bicyclic) bond motifs is 1. The first-order valence-corrected chi connectivity index (χ1v) is 9.51. The van der Waals surface area contributed by atoms with Gasteiger partial charge in [0.25, 0.3) is 5.91 Å². The molecule has 1 aliphatic heterocycles. The van der Waals surface area contributed by atoms with Crippen molar-refractivity contribution in [2.45, 2.75) is 37.0 Å². The van der Waals surface area contributed by atoms with Crippen LogP contribution in [0.3, 0.4) is 0 Å². The van der Waals surface area contributed by atoms with Crippen LogP contribution in [0.25, 0.3) is 5.82 Å². The van der Waals surface area contributed by atoms with Crippen LogP contribution in [-0.2, 0) is 0 Å². The van der Waals surface area contributed by atoms with Gasteiger partial charge in [0.1, 0.15) is 0 Å². The highest BCUT2D eigenvalue weighted by Crippen LogP contribution is 2.42. The molecule has 1 aliphatic rings. The van der Waals surface area contributed by atoms with Crippen LogP contribution in [0.2, 0.25) is 0 Å². The molecule has 2 atom stereocenters. The predicted octanol–water partition coefficient (Wildman–Crippen LogP) is 4.11. The Bertz CT molecular complexity index is 953. The quantitative estimate of drug-likeness (QED) is 0.687. The Balaban J connectivity index is 1.76. The maximum Gasteiger partial charge on any atom is 0.262 e. The van der Waals surface area contributed by atoms with E-state index in [0.717, 1.165) is 16.3 Å². The molecular formula is C20H20N4OS. The number of pyridine rings is 1. The number of nitrogens with zero attached hydrogens (tertiary/aromatic N) is 4. The number of carbonyl (C=O) groups is 1. The maximum atomic E-state index is 13.4. The van der Waals surface area contributed by atoms with Crippen LogP contribution in [-0.4, -0.2) is 32.0 Å². The highest BCUT2D eigenvalue weighted by Gasteiger charge is 2.35. The number of aromatic nitrogens is 3. The van der Waals surface area contributed by atoms with Gasteiger partial charge in [0.2, 0.25) is 0 Å². The van der Waals surface area contributed by atoms with Crippen molar-refractivity contribution < 1.29 is 4.79 Å². The van der Waals surface area contributed by atoms with Crippen molar-refractivity contribution in [3.05, 3.63) is 66.1 Å². The molecule has 0 saturated carbocycles. The molecule has 26 heavy (non-hydrogen) atoms. The van der Waals surface area contributed by atoms with Crippen LogP contribution in [0, 0.1) is 6.92 Å². The van der Waals surface area contributed by atoms with Crippen molar-refractivity contribution in [3.63, 3.8) is 0 Å². The number of benzene rings is 1. The average molecular weight is 364 g/mol. The van der Waals surface area contributed by atoms with Crippen LogP contribution >= 0.6 is 11.8 Å². The molecule has 4 rings (SSSR count). The lowest BCUT2D eigenvalue weighted by molar-refractivity contribution is 0.0976. The largest absolute Gasteiger partial charge is 0.303 e. The van der Waals surface area contributed by atoms with Crippen LogP contribution in [0.4, 0.5) is 5.69 Å². The van der Waals surface area contributed by atoms with Gasteiger partial charge in [-0.25, -0.2) is 9.67 Å². The lowest BCUT2D eigenvalue weighted by Gasteiger charge is -2.38. The standard InChI is InChI=1S/C20H20N4OS/c1-13-15(3)26-18-9-5-4-8-17(18)23(13)20(25)16-12-22-24(14(16)2)19-10-6-7-11-21-19/h4-13,15H,1-3H3/t13-,15-/m1/s1. The maximum absolute atomic E-state index is 13.4. The molecule has 0 aliphatic carbocycles. The van der Waals surface area contributed by atoms with Crippen molar-refractivity contribution in [2.75, 3.05) is 4.90 Å². The number of anilines is 1. The molecule has 2 aromatic heterocycles. The Labute approximate surface area is 157 Å². The van der Waals surface area contributed by atoms with Gasteiger partial charge >= 0.3 is 0 Å². The topological polar surface area (TPSA) is 51.0 Å². The number of hydrogen-bond donors (Lipinski definition) is 0. The van der Waals surface area contributed by atoms with E-state index in [1.54, 1.807) is 17.1 Å². The lowest BCUT2D eigenvalue weighted by Crippen LogP contribution is -2.46. The molecule has 0 N–H and O–H groups in total. The fourth-order valence-electron chi connectivity index (χ4n) is 3.24. The van der Waals surface area contributed by atoms with Gasteiger partial charge in [0.05, 0.1) is 23.1 Å². The summed E-state index contributed by atoms with van der Waals surface area (Å²) in [6.07, 6.45) is 3.37. The molecular weight excluding hydrogens is 344 g/mol. The van der Waals surface area contributed by atoms with Gasteiger partial charge in [0, 0.05) is 22.4 Å². The van der Waals surface area contributed by atoms with E-state index in [1.165, 1.54) is 0 Å². The molecule has 0 unspecified atom stereocenters. The summed E-state index contributed by atoms with van der Waals surface area (Å²) < 4.78 is 1.71. The normalized spacial score (nSPS) is 19.3. The van der Waals surface area contributed by atoms with Gasteiger partial charge in [-0.3, -0.25) is 4.79 Å². The Morgan fingerprint density at radius 1 is 1.12 bits per heavy atom. The van der Waals surface area contributed by atoms with E-state index < -0.39 is 0 Å². The molecule has 6 heteroatoms. The fraction of sp³-hybridized carbons (Fsp3) is 0.250. The van der Waals surface area contributed by atoms with Crippen LogP contribution in [0.1, 0.15) is 29.9 Å². The lowest BCUT2D eigenvalue weighted by atomic mass is 10.1. The van der Waals surface area contributed by atoms with E-state index in [1.807, 2.05) is 60.0 Å². The summed E-state index contributed by atoms with van der Waals surface area (Å²) in [7, 11) is 0. The summed E-state index contributed by atoms with van der Waals surface area (Å²) in [5.74, 6) is 0.692. The van der Waals surface area contributed by atoms with Crippen LogP contribution < -0.4 is 4.90 Å². The van der Waals surface area contributed by atoms with E-state index in [9.17, 15) is 4.79 Å². The number of hydrogen-bond acceptors (Lipinski definition) is 4. The third-order valence-corrected chi connectivity index (χ3v) is 6.21. The molecule has 0 radical (unpaired) electrons. The number of thioether (sulfide) groups is 1. The molecule has 0 fully saturated rings. The van der Waals surface area contributed by atoms with E-state index in [-0.39, 0.29) is 11.9 Å². The second-order valence-electron chi connectivity index (χ2n) is 6.45. The zero-order valence-corrected chi connectivity index (χ0v) is 15.8. The fourth-order valence-corrected chi connectivity index (χ4v) is 4.40. The predicted molar refractivity (Wildman–Crippen MR) is 104 cm³/mol. The summed E-state index contributed by atoms with van der Waals surface area (Å²) in [6, 6.07) is 13.8. The zero-order chi connectivity index (χ0) is 18.3. The van der Waals surface area contributed by atoms with Crippen LogP contribution in [0.5, 0.6) is 0 Å². The monoisotopic (exact) mass is 364 g/mol. The molecule has 5 nitrogen and oxygen atoms in total. The van der Waals surface area contributed by atoms with Crippen molar-refractivity contribution in [1.29, 1.82) is 0 Å². The summed E-state index contributed by atoms with van der Waals surface area (Å²) in [4.78, 5) is 20.8. The first-order chi connectivity index (χ1) is 12.6. The van der Waals surface area contributed by atoms with Gasteiger partial charge in [-0.1, -0.05) is 25.1 Å². The number of amides is 1. The minimum atomic E-state index is -0.0169. The second-order valence-corrected chi connectivity index (χ2v) is 7.87. The third kappa shape index (κ3) is 2.70. The first-order valence-electron chi connectivity index (χ1n) is 8.63. The van der Waals surface area contributed by atoms with Crippen molar-refractivity contribution >= 4 is 23.4 Å². The SMILES string of the molecule is Cc1c(C(=O)N2c3ccccc3S[C@H](C)[C@H]2C)cnn1-c1ccccn1. The van der Waals surface area contributed by atoms with E-state index in [4.69, 9.17) is 0 Å². The molecule has 1 aromatic carbocycles. The summed E-state index contributed by atoms with van der Waals surface area (Å²) in [5, 5.41) is 4.72. The molecule has 0 saturated heterocycles.